The van der Waals surface area contributed by atoms with E-state index < -0.39 is 16.2 Å². The highest BCUT2D eigenvalue weighted by Gasteiger charge is 2.18. The van der Waals surface area contributed by atoms with Crippen LogP contribution < -0.4 is 25.7 Å². The number of aryl methyl sites for hydroxylation is 3. The Hall–Kier alpha value is -5.60. The second-order valence-corrected chi connectivity index (χ2v) is 15.0. The Kier molecular flexibility index (Phi) is 17.7. The largest absolute Gasteiger partial charge is 0.419 e. The Morgan fingerprint density at radius 3 is 2.33 bits per heavy atom. The molecule has 4 aromatic rings. The van der Waals surface area contributed by atoms with Crippen molar-refractivity contribution in [2.45, 2.75) is 89.4 Å². The summed E-state index contributed by atoms with van der Waals surface area (Å²) in [7, 11) is -2.66. The Bertz CT molecular complexity index is 2070. The molecule has 1 heterocycles. The third-order valence-electron chi connectivity index (χ3n) is 9.34. The lowest BCUT2D eigenvalue weighted by atomic mass is 10.00. The summed E-state index contributed by atoms with van der Waals surface area (Å²) in [5.41, 5.74) is 7.37. The average Bonchev–Trinajstić information content (AvgIpc) is 3.21. The van der Waals surface area contributed by atoms with Crippen LogP contribution in [0.4, 0.5) is 16.3 Å². The number of para-hydroxylation sites is 1. The van der Waals surface area contributed by atoms with Crippen LogP contribution >= 0.6 is 0 Å². The molecule has 1 aromatic heterocycles. The quantitative estimate of drug-likeness (QED) is 0.0268. The lowest BCUT2D eigenvalue weighted by Crippen LogP contribution is -2.34. The van der Waals surface area contributed by atoms with Gasteiger partial charge in [0.15, 0.2) is 0 Å². The van der Waals surface area contributed by atoms with Crippen molar-refractivity contribution >= 4 is 45.7 Å². The lowest BCUT2D eigenvalue weighted by Gasteiger charge is -2.21. The van der Waals surface area contributed by atoms with Crippen LogP contribution in [-0.2, 0) is 34.2 Å². The van der Waals surface area contributed by atoms with Crippen molar-refractivity contribution in [3.8, 4) is 5.75 Å². The van der Waals surface area contributed by atoms with Crippen molar-refractivity contribution in [1.29, 1.82) is 0 Å². The molecule has 57 heavy (non-hydrogen) atoms. The number of ether oxygens (including phenoxy) is 1. The molecule has 14 heteroatoms. The molecule has 0 aliphatic carbocycles. The predicted molar refractivity (Wildman–Crippen MR) is 224 cm³/mol. The molecule has 0 bridgehead atoms. The summed E-state index contributed by atoms with van der Waals surface area (Å²) in [5.74, 6) is 0.501. The van der Waals surface area contributed by atoms with Gasteiger partial charge in [0.1, 0.15) is 16.5 Å². The SMILES string of the molecule is CCCCc1ccc(OC(=O)N(C)c2ccccc2CC)c(CCCCCCCC(=O)NCCNC(=O)c2ccc(N/N=C/c3ccccc3S(=O)(=O)O)nc2)c1. The molecule has 0 fully saturated rings. The number of hydrogen-bond donors (Lipinski definition) is 4. The van der Waals surface area contributed by atoms with E-state index in [9.17, 15) is 27.4 Å². The first-order valence-corrected chi connectivity index (χ1v) is 21.0. The fourth-order valence-electron chi connectivity index (χ4n) is 6.15. The number of aromatic nitrogens is 1. The van der Waals surface area contributed by atoms with Crippen LogP contribution in [0, 0.1) is 0 Å². The highest BCUT2D eigenvalue weighted by molar-refractivity contribution is 7.86. The van der Waals surface area contributed by atoms with Gasteiger partial charge in [-0.05, 0) is 85.5 Å². The molecule has 0 unspecified atom stereocenters. The molecular formula is C43H54N6O7S. The van der Waals surface area contributed by atoms with Gasteiger partial charge in [-0.3, -0.25) is 24.5 Å². The molecule has 3 amide bonds. The van der Waals surface area contributed by atoms with E-state index >= 15 is 0 Å². The number of anilines is 2. The first-order valence-electron chi connectivity index (χ1n) is 19.5. The Balaban J connectivity index is 1.12. The van der Waals surface area contributed by atoms with Crippen LogP contribution in [0.25, 0.3) is 0 Å². The van der Waals surface area contributed by atoms with Gasteiger partial charge < -0.3 is 15.4 Å². The summed E-state index contributed by atoms with van der Waals surface area (Å²) in [6.45, 7) is 4.79. The molecule has 304 valence electrons. The zero-order valence-corrected chi connectivity index (χ0v) is 33.8. The number of amides is 3. The average molecular weight is 799 g/mol. The number of nitrogens with one attached hydrogen (secondary N) is 3. The standard InChI is InChI=1S/C43H54N6O7S/c1-4-6-16-32-23-25-38(56-43(52)49(3)37-20-14-12-17-33(37)5-2)34(29-32)18-10-8-7-9-11-22-41(50)44-27-28-45-42(51)36-24-26-40(46-30-36)48-47-31-35-19-13-15-21-39(35)57(53,54)55/h12-15,17,19-21,23-26,29-31H,4-11,16,18,22,27-28H2,1-3H3,(H,44,50)(H,45,51)(H,46,48)(H,53,54,55)/b47-31+. The molecule has 0 radical (unpaired) electrons. The fourth-order valence-corrected chi connectivity index (χ4v) is 6.82. The molecule has 4 N–H and O–H groups in total. The van der Waals surface area contributed by atoms with Gasteiger partial charge in [0.25, 0.3) is 16.0 Å². The van der Waals surface area contributed by atoms with Gasteiger partial charge >= 0.3 is 6.09 Å². The van der Waals surface area contributed by atoms with Gasteiger partial charge in [-0.1, -0.05) is 88.1 Å². The van der Waals surface area contributed by atoms with Crippen molar-refractivity contribution in [3.05, 3.63) is 113 Å². The number of hydrazone groups is 1. The smallest absolute Gasteiger partial charge is 0.410 e. The molecule has 3 aromatic carbocycles. The summed E-state index contributed by atoms with van der Waals surface area (Å²) in [4.78, 5) is 43.5. The molecule has 13 nitrogen and oxygen atoms in total. The van der Waals surface area contributed by atoms with Crippen molar-refractivity contribution in [2.24, 2.45) is 5.10 Å². The normalized spacial score (nSPS) is 11.3. The number of carbonyl (C=O) groups is 3. The Labute approximate surface area is 336 Å². The van der Waals surface area contributed by atoms with Crippen LogP contribution in [0.1, 0.15) is 97.8 Å². The number of carbonyl (C=O) groups excluding carboxylic acids is 3. The van der Waals surface area contributed by atoms with Crippen LogP contribution in [0.2, 0.25) is 0 Å². The number of rotatable bonds is 22. The van der Waals surface area contributed by atoms with Crippen molar-refractivity contribution in [1.82, 2.24) is 15.6 Å². The third-order valence-corrected chi connectivity index (χ3v) is 10.3. The van der Waals surface area contributed by atoms with E-state index in [2.05, 4.69) is 52.1 Å². The van der Waals surface area contributed by atoms with Crippen LogP contribution in [0.5, 0.6) is 5.75 Å². The second-order valence-electron chi connectivity index (χ2n) is 13.6. The van der Waals surface area contributed by atoms with Crippen molar-refractivity contribution in [3.63, 3.8) is 0 Å². The van der Waals surface area contributed by atoms with Crippen LogP contribution in [0.15, 0.2) is 95.1 Å². The van der Waals surface area contributed by atoms with Gasteiger partial charge in [0.05, 0.1) is 11.8 Å². The number of hydrogen-bond acceptors (Lipinski definition) is 9. The first kappa shape index (κ1) is 44.1. The minimum atomic E-state index is -4.40. The zero-order chi connectivity index (χ0) is 41.0. The van der Waals surface area contributed by atoms with Crippen LogP contribution in [0.3, 0.4) is 0 Å². The van der Waals surface area contributed by atoms with E-state index in [-0.39, 0.29) is 28.8 Å². The Morgan fingerprint density at radius 1 is 0.842 bits per heavy atom. The van der Waals surface area contributed by atoms with Crippen molar-refractivity contribution < 1.29 is 32.1 Å². The third kappa shape index (κ3) is 14.4. The maximum absolute atomic E-state index is 13.2. The van der Waals surface area contributed by atoms with E-state index in [1.54, 1.807) is 24.1 Å². The van der Waals surface area contributed by atoms with E-state index in [0.717, 1.165) is 81.0 Å². The van der Waals surface area contributed by atoms with Gasteiger partial charge in [-0.25, -0.2) is 9.78 Å². The predicted octanol–water partition coefficient (Wildman–Crippen LogP) is 7.74. The number of benzene rings is 3. The minimum absolute atomic E-state index is 0.0667. The molecular weight excluding hydrogens is 745 g/mol. The summed E-state index contributed by atoms with van der Waals surface area (Å²) in [6, 6.07) is 22.9. The number of pyridine rings is 1. The lowest BCUT2D eigenvalue weighted by molar-refractivity contribution is -0.121. The minimum Gasteiger partial charge on any atom is -0.410 e. The maximum atomic E-state index is 13.2. The van der Waals surface area contributed by atoms with Gasteiger partial charge in [-0.15, -0.1) is 0 Å². The van der Waals surface area contributed by atoms with Gasteiger partial charge in [0.2, 0.25) is 5.91 Å². The summed E-state index contributed by atoms with van der Waals surface area (Å²) >= 11 is 0. The maximum Gasteiger partial charge on any atom is 0.419 e. The van der Waals surface area contributed by atoms with Crippen LogP contribution in [-0.4, -0.2) is 62.2 Å². The Morgan fingerprint density at radius 2 is 1.58 bits per heavy atom. The fraction of sp³-hybridized carbons (Fsp3) is 0.372. The summed E-state index contributed by atoms with van der Waals surface area (Å²) in [5, 5.41) is 9.55. The van der Waals surface area contributed by atoms with Gasteiger partial charge in [-0.2, -0.15) is 13.5 Å². The molecule has 0 spiro atoms. The number of unbranched alkanes of at least 4 members (excludes halogenated alkanes) is 5. The highest BCUT2D eigenvalue weighted by Crippen LogP contribution is 2.27. The molecule has 4 rings (SSSR count). The highest BCUT2D eigenvalue weighted by atomic mass is 32.2. The molecule has 0 aliphatic heterocycles. The van der Waals surface area contributed by atoms with E-state index in [1.165, 1.54) is 42.2 Å². The summed E-state index contributed by atoms with van der Waals surface area (Å²) < 4.78 is 38.4. The van der Waals surface area contributed by atoms with E-state index in [0.29, 0.717) is 30.1 Å². The first-order chi connectivity index (χ1) is 27.5. The van der Waals surface area contributed by atoms with Crippen molar-refractivity contribution in [2.75, 3.05) is 30.5 Å². The zero-order valence-electron chi connectivity index (χ0n) is 33.0. The topological polar surface area (TPSA) is 179 Å². The molecule has 0 saturated heterocycles. The summed E-state index contributed by atoms with van der Waals surface area (Å²) in [6.07, 6.45) is 12.0. The molecule has 0 saturated carbocycles. The molecule has 0 aliphatic rings. The monoisotopic (exact) mass is 798 g/mol. The van der Waals surface area contributed by atoms with E-state index in [1.807, 2.05) is 30.3 Å². The second kappa shape index (κ2) is 22.8. The van der Waals surface area contributed by atoms with Gasteiger partial charge in [0, 0.05) is 44.0 Å². The molecule has 0 atom stereocenters. The van der Waals surface area contributed by atoms with E-state index in [4.69, 9.17) is 4.74 Å². The number of nitrogens with zero attached hydrogens (tertiary/aromatic N) is 3.